The maximum atomic E-state index is 12.9. The number of rotatable bonds is 5. The Morgan fingerprint density at radius 3 is 2.61 bits per heavy atom. The molecule has 3 fully saturated rings. The van der Waals surface area contributed by atoms with Gasteiger partial charge in [-0.1, -0.05) is 6.07 Å². The first kappa shape index (κ1) is 21.9. The van der Waals surface area contributed by atoms with Crippen molar-refractivity contribution < 1.29 is 14.4 Å². The van der Waals surface area contributed by atoms with Crippen LogP contribution < -0.4 is 26.6 Å². The molecule has 2 saturated heterocycles. The molecule has 5 N–H and O–H groups in total. The molecule has 12 nitrogen and oxygen atoms in total. The number of urea groups is 1. The molecule has 36 heavy (non-hydrogen) atoms. The summed E-state index contributed by atoms with van der Waals surface area (Å²) >= 11 is 0. The molecular formula is C24H25N9O3. The lowest BCUT2D eigenvalue weighted by atomic mass is 10.1. The van der Waals surface area contributed by atoms with Gasteiger partial charge in [-0.15, -0.1) is 0 Å². The zero-order chi connectivity index (χ0) is 24.8. The number of amides is 4. The van der Waals surface area contributed by atoms with Crippen molar-refractivity contribution in [3.8, 4) is 0 Å². The van der Waals surface area contributed by atoms with Crippen LogP contribution in [0.2, 0.25) is 0 Å². The van der Waals surface area contributed by atoms with E-state index in [0.29, 0.717) is 54.7 Å². The third-order valence-electron chi connectivity index (χ3n) is 6.46. The van der Waals surface area contributed by atoms with Crippen molar-refractivity contribution in [2.75, 3.05) is 42.1 Å². The van der Waals surface area contributed by atoms with E-state index in [9.17, 15) is 14.4 Å². The van der Waals surface area contributed by atoms with Crippen LogP contribution in [-0.2, 0) is 4.79 Å². The van der Waals surface area contributed by atoms with Crippen LogP contribution in [0.1, 0.15) is 28.8 Å². The first-order valence-corrected chi connectivity index (χ1v) is 11.8. The largest absolute Gasteiger partial charge is 0.399 e. The van der Waals surface area contributed by atoms with Gasteiger partial charge >= 0.3 is 6.03 Å². The summed E-state index contributed by atoms with van der Waals surface area (Å²) in [4.78, 5) is 45.3. The van der Waals surface area contributed by atoms with E-state index in [4.69, 9.17) is 10.7 Å². The van der Waals surface area contributed by atoms with Crippen molar-refractivity contribution >= 4 is 46.9 Å². The average Bonchev–Trinajstić information content (AvgIpc) is 3.51. The van der Waals surface area contributed by atoms with Gasteiger partial charge in [0, 0.05) is 55.1 Å². The minimum Gasteiger partial charge on any atom is -0.399 e. The van der Waals surface area contributed by atoms with Gasteiger partial charge in [0.1, 0.15) is 17.3 Å². The molecule has 6 rings (SSSR count). The van der Waals surface area contributed by atoms with Gasteiger partial charge in [0.05, 0.1) is 6.20 Å². The summed E-state index contributed by atoms with van der Waals surface area (Å²) in [5.41, 5.74) is 8.31. The molecule has 3 aliphatic rings. The Labute approximate surface area is 206 Å². The molecule has 0 atom stereocenters. The Morgan fingerprint density at radius 2 is 1.92 bits per heavy atom. The molecule has 4 amide bonds. The third kappa shape index (κ3) is 4.17. The number of imide groups is 1. The summed E-state index contributed by atoms with van der Waals surface area (Å²) in [5.74, 6) is 1.03. The van der Waals surface area contributed by atoms with Gasteiger partial charge < -0.3 is 26.2 Å². The lowest BCUT2D eigenvalue weighted by molar-refractivity contribution is -0.115. The zero-order valence-electron chi connectivity index (χ0n) is 19.4. The summed E-state index contributed by atoms with van der Waals surface area (Å²) in [5, 5.41) is 12.7. The lowest BCUT2D eigenvalue weighted by Crippen LogP contribution is -2.49. The fourth-order valence-corrected chi connectivity index (χ4v) is 4.40. The maximum absolute atomic E-state index is 12.9. The highest BCUT2D eigenvalue weighted by Gasteiger charge is 2.27. The van der Waals surface area contributed by atoms with E-state index in [1.165, 1.54) is 0 Å². The van der Waals surface area contributed by atoms with Crippen LogP contribution in [0.25, 0.3) is 11.7 Å². The number of hydrogen-bond acceptors (Lipinski definition) is 8. The molecule has 2 aromatic heterocycles. The summed E-state index contributed by atoms with van der Waals surface area (Å²) in [6, 6.07) is 8.82. The van der Waals surface area contributed by atoms with E-state index >= 15 is 0 Å². The molecule has 0 radical (unpaired) electrons. The van der Waals surface area contributed by atoms with Gasteiger partial charge in [0.25, 0.3) is 11.8 Å². The molecule has 0 bridgehead atoms. The number of nitrogens with zero attached hydrogens (tertiary/aromatic N) is 5. The predicted molar refractivity (Wildman–Crippen MR) is 133 cm³/mol. The SMILES string of the molecule is Nc1cccc(C(=O)N2CCN(c3cc(NC4CC4)n4ncc(/C=C5\NC(=O)NC5=O)c4n3)CC2)c1. The van der Waals surface area contributed by atoms with Crippen molar-refractivity contribution in [3.05, 3.63) is 53.4 Å². The Kier molecular flexibility index (Phi) is 5.20. The maximum Gasteiger partial charge on any atom is 0.326 e. The van der Waals surface area contributed by atoms with Crippen LogP contribution >= 0.6 is 0 Å². The lowest BCUT2D eigenvalue weighted by Gasteiger charge is -2.35. The molecule has 184 valence electrons. The number of carbonyl (C=O) groups is 3. The number of nitrogen functional groups attached to an aromatic ring is 1. The molecule has 4 heterocycles. The molecule has 12 heteroatoms. The second-order valence-corrected chi connectivity index (χ2v) is 9.12. The number of aromatic nitrogens is 3. The first-order chi connectivity index (χ1) is 17.4. The highest BCUT2D eigenvalue weighted by Crippen LogP contribution is 2.29. The summed E-state index contributed by atoms with van der Waals surface area (Å²) in [6.45, 7) is 2.33. The molecule has 1 saturated carbocycles. The van der Waals surface area contributed by atoms with Crippen LogP contribution in [0.3, 0.4) is 0 Å². The van der Waals surface area contributed by atoms with E-state index < -0.39 is 11.9 Å². The van der Waals surface area contributed by atoms with Gasteiger partial charge in [0.15, 0.2) is 5.65 Å². The quantitative estimate of drug-likeness (QED) is 0.237. The van der Waals surface area contributed by atoms with Gasteiger partial charge in [-0.25, -0.2) is 9.78 Å². The Balaban J connectivity index is 1.27. The van der Waals surface area contributed by atoms with Crippen LogP contribution in [0.15, 0.2) is 42.2 Å². The monoisotopic (exact) mass is 487 g/mol. The minimum atomic E-state index is -0.557. The van der Waals surface area contributed by atoms with E-state index in [1.54, 1.807) is 41.1 Å². The van der Waals surface area contributed by atoms with Gasteiger partial charge in [0.2, 0.25) is 0 Å². The number of fused-ring (bicyclic) bond motifs is 1. The van der Waals surface area contributed by atoms with Crippen molar-refractivity contribution in [1.29, 1.82) is 0 Å². The van der Waals surface area contributed by atoms with Crippen LogP contribution in [0, 0.1) is 0 Å². The second-order valence-electron chi connectivity index (χ2n) is 9.12. The van der Waals surface area contributed by atoms with Gasteiger partial charge in [-0.3, -0.25) is 14.9 Å². The summed E-state index contributed by atoms with van der Waals surface area (Å²) in [7, 11) is 0. The minimum absolute atomic E-state index is 0.0389. The number of benzene rings is 1. The average molecular weight is 488 g/mol. The zero-order valence-corrected chi connectivity index (χ0v) is 19.4. The molecule has 2 aliphatic heterocycles. The molecule has 1 aliphatic carbocycles. The molecule has 0 unspecified atom stereocenters. The topological polar surface area (TPSA) is 150 Å². The number of piperazine rings is 1. The Morgan fingerprint density at radius 1 is 1.11 bits per heavy atom. The van der Waals surface area contributed by atoms with E-state index in [-0.39, 0.29) is 11.6 Å². The smallest absolute Gasteiger partial charge is 0.326 e. The fourth-order valence-electron chi connectivity index (χ4n) is 4.40. The van der Waals surface area contributed by atoms with E-state index in [0.717, 1.165) is 24.5 Å². The summed E-state index contributed by atoms with van der Waals surface area (Å²) in [6.07, 6.45) is 5.38. The predicted octanol–water partition coefficient (Wildman–Crippen LogP) is 1.03. The fraction of sp³-hybridized carbons (Fsp3) is 0.292. The van der Waals surface area contributed by atoms with Crippen LogP contribution in [0.4, 0.5) is 22.1 Å². The van der Waals surface area contributed by atoms with Crippen molar-refractivity contribution in [3.63, 3.8) is 0 Å². The molecular weight excluding hydrogens is 462 g/mol. The van der Waals surface area contributed by atoms with Crippen molar-refractivity contribution in [1.82, 2.24) is 30.1 Å². The Hall–Kier alpha value is -4.61. The third-order valence-corrected chi connectivity index (χ3v) is 6.46. The number of nitrogens with one attached hydrogen (secondary N) is 3. The molecule has 3 aromatic rings. The number of nitrogens with two attached hydrogens (primary N) is 1. The normalized spacial score (nSPS) is 19.1. The number of anilines is 3. The van der Waals surface area contributed by atoms with E-state index in [2.05, 4.69) is 25.9 Å². The highest BCUT2D eigenvalue weighted by molar-refractivity contribution is 6.14. The first-order valence-electron chi connectivity index (χ1n) is 11.8. The van der Waals surface area contributed by atoms with Gasteiger partial charge in [-0.2, -0.15) is 9.61 Å². The number of hydrogen-bond donors (Lipinski definition) is 4. The van der Waals surface area contributed by atoms with Crippen LogP contribution in [0.5, 0.6) is 0 Å². The molecule has 0 spiro atoms. The Bertz CT molecular complexity index is 1420. The second kappa shape index (κ2) is 8.56. The summed E-state index contributed by atoms with van der Waals surface area (Å²) < 4.78 is 1.71. The van der Waals surface area contributed by atoms with Gasteiger partial charge in [-0.05, 0) is 37.1 Å². The van der Waals surface area contributed by atoms with Crippen molar-refractivity contribution in [2.45, 2.75) is 18.9 Å². The standard InChI is InChI=1S/C24H25N9O3/c25-16-3-1-2-14(10-16)23(35)32-8-6-31(7-9-32)19-12-20(27-17-4-5-17)33-21(29-19)15(13-26-33)11-18-22(34)30-24(36)28-18/h1-3,10-13,17,27H,4-9,25H2,(H2,28,30,34,36)/b18-11-. The van der Waals surface area contributed by atoms with Crippen molar-refractivity contribution in [2.24, 2.45) is 0 Å². The van der Waals surface area contributed by atoms with Crippen LogP contribution in [-0.4, -0.2) is 69.6 Å². The highest BCUT2D eigenvalue weighted by atomic mass is 16.2. The van der Waals surface area contributed by atoms with E-state index in [1.807, 2.05) is 11.0 Å². The molecule has 1 aromatic carbocycles. The number of carbonyl (C=O) groups excluding carboxylic acids is 3.